The van der Waals surface area contributed by atoms with Gasteiger partial charge >= 0.3 is 0 Å². The van der Waals surface area contributed by atoms with Crippen molar-refractivity contribution in [3.05, 3.63) is 41.7 Å². The average Bonchev–Trinajstić information content (AvgIpc) is 2.37. The number of hydrogen-bond donors (Lipinski definition) is 2. The minimum Gasteiger partial charge on any atom is -0.507 e. The first-order chi connectivity index (χ1) is 8.63. The van der Waals surface area contributed by atoms with Crippen molar-refractivity contribution in [1.29, 1.82) is 0 Å². The molecule has 1 aromatic carbocycles. The van der Waals surface area contributed by atoms with Gasteiger partial charge in [-0.15, -0.1) is 6.58 Å². The Bertz CT molecular complexity index is 442. The van der Waals surface area contributed by atoms with E-state index >= 15 is 0 Å². The van der Waals surface area contributed by atoms with E-state index in [1.807, 2.05) is 0 Å². The molecule has 4 heteroatoms. The number of rotatable bonds is 3. The highest BCUT2D eigenvalue weighted by atomic mass is 19.1. The maximum atomic E-state index is 13.5. The number of nitrogens with one attached hydrogen (secondary N) is 1. The molecule has 1 aliphatic heterocycles. The minimum absolute atomic E-state index is 0.138. The van der Waals surface area contributed by atoms with E-state index in [9.17, 15) is 9.50 Å². The Balaban J connectivity index is 2.34. The Morgan fingerprint density at radius 3 is 2.72 bits per heavy atom. The number of benzene rings is 1. The molecule has 0 spiro atoms. The minimum atomic E-state index is -0.317. The van der Waals surface area contributed by atoms with E-state index in [-0.39, 0.29) is 17.6 Å². The van der Waals surface area contributed by atoms with E-state index in [0.717, 1.165) is 26.2 Å². The third-order valence-electron chi connectivity index (χ3n) is 3.38. The van der Waals surface area contributed by atoms with Crippen LogP contribution in [-0.4, -0.2) is 36.2 Å². The molecule has 0 radical (unpaired) electrons. The Morgan fingerprint density at radius 2 is 2.11 bits per heavy atom. The van der Waals surface area contributed by atoms with Crippen LogP contribution in [0.2, 0.25) is 0 Å². The molecule has 18 heavy (non-hydrogen) atoms. The van der Waals surface area contributed by atoms with Crippen molar-refractivity contribution < 1.29 is 9.50 Å². The molecular weight excluding hydrogens is 231 g/mol. The molecule has 0 aromatic heterocycles. The summed E-state index contributed by atoms with van der Waals surface area (Å²) in [5.41, 5.74) is 1.16. The van der Waals surface area contributed by atoms with Gasteiger partial charge in [-0.25, -0.2) is 4.39 Å². The standard InChI is InChI=1S/C14H19FN2O/c1-3-13(17-6-4-16-5-7-17)12-9-11(15)8-10(2)14(12)18/h3,8-9,13,16,18H,1,4-7H2,2H3/t13-/m1/s1. The SMILES string of the molecule is C=C[C@H](c1cc(F)cc(C)c1O)N1CCNCC1. The van der Waals surface area contributed by atoms with Crippen LogP contribution in [0.25, 0.3) is 0 Å². The number of phenols is 1. The fraction of sp³-hybridized carbons (Fsp3) is 0.429. The Hall–Kier alpha value is -1.39. The van der Waals surface area contributed by atoms with Gasteiger partial charge < -0.3 is 10.4 Å². The second-order valence-electron chi connectivity index (χ2n) is 4.63. The van der Waals surface area contributed by atoms with Gasteiger partial charge in [0.25, 0.3) is 0 Å². The van der Waals surface area contributed by atoms with E-state index in [1.54, 1.807) is 13.0 Å². The molecule has 1 aliphatic rings. The summed E-state index contributed by atoms with van der Waals surface area (Å²) in [4.78, 5) is 2.19. The normalized spacial score (nSPS) is 18.6. The van der Waals surface area contributed by atoms with Crippen molar-refractivity contribution in [2.24, 2.45) is 0 Å². The van der Waals surface area contributed by atoms with Gasteiger partial charge in [0.05, 0.1) is 6.04 Å². The topological polar surface area (TPSA) is 35.5 Å². The average molecular weight is 250 g/mol. The quantitative estimate of drug-likeness (QED) is 0.805. The van der Waals surface area contributed by atoms with E-state index in [1.165, 1.54) is 12.1 Å². The number of piperazine rings is 1. The van der Waals surface area contributed by atoms with Gasteiger partial charge in [-0.05, 0) is 24.6 Å². The highest BCUT2D eigenvalue weighted by Crippen LogP contribution is 2.33. The van der Waals surface area contributed by atoms with Gasteiger partial charge in [-0.2, -0.15) is 0 Å². The lowest BCUT2D eigenvalue weighted by Crippen LogP contribution is -2.44. The first kappa shape index (κ1) is 13.1. The van der Waals surface area contributed by atoms with Crippen LogP contribution >= 0.6 is 0 Å². The number of aromatic hydroxyl groups is 1. The molecule has 1 saturated heterocycles. The molecule has 2 rings (SSSR count). The Labute approximate surface area is 107 Å². The zero-order valence-electron chi connectivity index (χ0n) is 10.6. The van der Waals surface area contributed by atoms with Crippen molar-refractivity contribution in [3.63, 3.8) is 0 Å². The third-order valence-corrected chi connectivity index (χ3v) is 3.38. The summed E-state index contributed by atoms with van der Waals surface area (Å²) in [6, 6.07) is 2.61. The summed E-state index contributed by atoms with van der Waals surface area (Å²) in [5, 5.41) is 13.4. The van der Waals surface area contributed by atoms with Gasteiger partial charge in [0.1, 0.15) is 11.6 Å². The molecule has 0 saturated carbocycles. The molecule has 1 heterocycles. The summed E-state index contributed by atoms with van der Waals surface area (Å²) in [5.74, 6) is -0.151. The van der Waals surface area contributed by atoms with Crippen molar-refractivity contribution in [2.45, 2.75) is 13.0 Å². The zero-order valence-corrected chi connectivity index (χ0v) is 10.6. The second kappa shape index (κ2) is 5.50. The first-order valence-electron chi connectivity index (χ1n) is 6.20. The maximum absolute atomic E-state index is 13.5. The van der Waals surface area contributed by atoms with Crippen molar-refractivity contribution >= 4 is 0 Å². The van der Waals surface area contributed by atoms with Crippen LogP contribution in [0.15, 0.2) is 24.8 Å². The van der Waals surface area contributed by atoms with Gasteiger partial charge in [0.15, 0.2) is 0 Å². The lowest BCUT2D eigenvalue weighted by Gasteiger charge is -2.33. The Kier molecular flexibility index (Phi) is 3.99. The van der Waals surface area contributed by atoms with E-state index in [4.69, 9.17) is 0 Å². The van der Waals surface area contributed by atoms with Gasteiger partial charge in [0.2, 0.25) is 0 Å². The van der Waals surface area contributed by atoms with Crippen LogP contribution < -0.4 is 5.32 Å². The van der Waals surface area contributed by atoms with Crippen LogP contribution in [0.4, 0.5) is 4.39 Å². The number of aryl methyl sites for hydroxylation is 1. The van der Waals surface area contributed by atoms with Crippen LogP contribution in [0.1, 0.15) is 17.2 Å². The summed E-state index contributed by atoms with van der Waals surface area (Å²) < 4.78 is 13.5. The molecule has 0 bridgehead atoms. The van der Waals surface area contributed by atoms with E-state index in [2.05, 4.69) is 16.8 Å². The maximum Gasteiger partial charge on any atom is 0.124 e. The Morgan fingerprint density at radius 1 is 1.44 bits per heavy atom. The largest absolute Gasteiger partial charge is 0.507 e. The molecule has 0 aliphatic carbocycles. The molecule has 2 N–H and O–H groups in total. The molecule has 0 amide bonds. The van der Waals surface area contributed by atoms with Crippen LogP contribution in [0.3, 0.4) is 0 Å². The smallest absolute Gasteiger partial charge is 0.124 e. The summed E-state index contributed by atoms with van der Waals surface area (Å²) >= 11 is 0. The van der Waals surface area contributed by atoms with Crippen LogP contribution in [-0.2, 0) is 0 Å². The van der Waals surface area contributed by atoms with E-state index < -0.39 is 0 Å². The molecule has 98 valence electrons. The monoisotopic (exact) mass is 250 g/mol. The number of hydrogen-bond acceptors (Lipinski definition) is 3. The van der Waals surface area contributed by atoms with Crippen molar-refractivity contribution in [3.8, 4) is 5.75 Å². The molecule has 1 aromatic rings. The van der Waals surface area contributed by atoms with Gasteiger partial charge in [-0.1, -0.05) is 6.08 Å². The second-order valence-corrected chi connectivity index (χ2v) is 4.63. The summed E-state index contributed by atoms with van der Waals surface area (Å²) in [7, 11) is 0. The molecule has 1 atom stereocenters. The molecule has 1 fully saturated rings. The first-order valence-corrected chi connectivity index (χ1v) is 6.20. The zero-order chi connectivity index (χ0) is 13.1. The van der Waals surface area contributed by atoms with Crippen molar-refractivity contribution in [1.82, 2.24) is 10.2 Å². The summed E-state index contributed by atoms with van der Waals surface area (Å²) in [6.45, 7) is 9.06. The molecule has 3 nitrogen and oxygen atoms in total. The van der Waals surface area contributed by atoms with Crippen LogP contribution in [0, 0.1) is 12.7 Å². The molecular formula is C14H19FN2O. The lowest BCUT2D eigenvalue weighted by atomic mass is 10.0. The number of nitrogens with zero attached hydrogens (tertiary/aromatic N) is 1. The molecule has 0 unspecified atom stereocenters. The highest BCUT2D eigenvalue weighted by molar-refractivity contribution is 5.43. The predicted molar refractivity (Wildman–Crippen MR) is 70.2 cm³/mol. The predicted octanol–water partition coefficient (Wildman–Crippen LogP) is 1.97. The summed E-state index contributed by atoms with van der Waals surface area (Å²) in [6.07, 6.45) is 1.76. The highest BCUT2D eigenvalue weighted by Gasteiger charge is 2.23. The van der Waals surface area contributed by atoms with Gasteiger partial charge in [0, 0.05) is 31.7 Å². The fourth-order valence-electron chi connectivity index (χ4n) is 2.42. The van der Waals surface area contributed by atoms with Gasteiger partial charge in [-0.3, -0.25) is 4.90 Å². The van der Waals surface area contributed by atoms with E-state index in [0.29, 0.717) is 11.1 Å². The van der Waals surface area contributed by atoms with Crippen molar-refractivity contribution in [2.75, 3.05) is 26.2 Å². The third kappa shape index (κ3) is 2.54. The lowest BCUT2D eigenvalue weighted by molar-refractivity contribution is 0.200. The van der Waals surface area contributed by atoms with Crippen LogP contribution in [0.5, 0.6) is 5.75 Å². The number of halogens is 1. The number of phenolic OH excluding ortho intramolecular Hbond substituents is 1. The fourth-order valence-corrected chi connectivity index (χ4v) is 2.42.